The monoisotopic (exact) mass is 250 g/mol. The molecule has 0 saturated carbocycles. The van der Waals surface area contributed by atoms with Crippen molar-refractivity contribution in [2.45, 2.75) is 26.8 Å². The third kappa shape index (κ3) is 3.53. The lowest BCUT2D eigenvalue weighted by Gasteiger charge is -2.18. The van der Waals surface area contributed by atoms with E-state index in [0.717, 1.165) is 5.69 Å². The molecule has 0 aliphatic carbocycles. The summed E-state index contributed by atoms with van der Waals surface area (Å²) in [4.78, 5) is 4.76. The van der Waals surface area contributed by atoms with Crippen LogP contribution < -0.4 is 5.32 Å². The van der Waals surface area contributed by atoms with Gasteiger partial charge in [0.05, 0.1) is 6.04 Å². The van der Waals surface area contributed by atoms with Crippen LogP contribution in [0.5, 0.6) is 0 Å². The van der Waals surface area contributed by atoms with Crippen LogP contribution in [0, 0.1) is 13.8 Å². The van der Waals surface area contributed by atoms with E-state index in [1.165, 1.54) is 23.6 Å². The summed E-state index contributed by atoms with van der Waals surface area (Å²) >= 11 is 4.92. The number of thiocarbonyl (C=S) groups is 1. The predicted molar refractivity (Wildman–Crippen MR) is 77.1 cm³/mol. The van der Waals surface area contributed by atoms with Crippen LogP contribution >= 0.6 is 12.2 Å². The van der Waals surface area contributed by atoms with Crippen molar-refractivity contribution >= 4 is 29.0 Å². The molecule has 0 saturated heterocycles. The molecule has 1 rings (SSSR count). The molecule has 0 aliphatic rings. The Bertz CT molecular complexity index is 409. The summed E-state index contributed by atoms with van der Waals surface area (Å²) in [5.74, 6) is 0. The molecule has 3 nitrogen and oxygen atoms in total. The smallest absolute Gasteiger partial charge is 0.112 e. The zero-order valence-electron chi connectivity index (χ0n) is 10.7. The summed E-state index contributed by atoms with van der Waals surface area (Å²) in [6, 6.07) is 6.22. The minimum atomic E-state index is 0.0206. The molecule has 4 heteroatoms. The molecule has 0 fully saturated rings. The first-order valence-electron chi connectivity index (χ1n) is 5.49. The zero-order chi connectivity index (χ0) is 12.8. The van der Waals surface area contributed by atoms with Gasteiger partial charge in [-0.25, -0.2) is 0 Å². The highest BCUT2D eigenvalue weighted by Crippen LogP contribution is 2.20. The first-order chi connectivity index (χ1) is 8.10. The number of oxime groups is 1. The van der Waals surface area contributed by atoms with Gasteiger partial charge in [0.15, 0.2) is 0 Å². The van der Waals surface area contributed by atoms with Crippen molar-refractivity contribution in [2.75, 3.05) is 12.4 Å². The molecular formula is C13H18N2OS. The minimum Gasteiger partial charge on any atom is -0.399 e. The number of hydrogen-bond donors (Lipinski definition) is 1. The fourth-order valence-electron chi connectivity index (χ4n) is 1.64. The van der Waals surface area contributed by atoms with Crippen molar-refractivity contribution < 1.29 is 4.84 Å². The van der Waals surface area contributed by atoms with E-state index in [0.29, 0.717) is 5.71 Å². The Hall–Kier alpha value is -1.42. The molecule has 0 spiro atoms. The average molecular weight is 250 g/mol. The van der Waals surface area contributed by atoms with E-state index < -0.39 is 0 Å². The molecule has 1 atom stereocenters. The number of nitrogens with one attached hydrogen (secondary N) is 1. The molecule has 0 aliphatic heterocycles. The maximum Gasteiger partial charge on any atom is 0.112 e. The van der Waals surface area contributed by atoms with Gasteiger partial charge >= 0.3 is 0 Å². The van der Waals surface area contributed by atoms with Crippen molar-refractivity contribution in [3.05, 3.63) is 29.3 Å². The van der Waals surface area contributed by atoms with Crippen LogP contribution in [-0.2, 0) is 4.84 Å². The van der Waals surface area contributed by atoms with Crippen molar-refractivity contribution in [1.29, 1.82) is 0 Å². The van der Waals surface area contributed by atoms with Gasteiger partial charge in [0, 0.05) is 11.1 Å². The van der Waals surface area contributed by atoms with Crippen LogP contribution in [0.25, 0.3) is 0 Å². The van der Waals surface area contributed by atoms with Crippen LogP contribution in [0.4, 0.5) is 5.69 Å². The van der Waals surface area contributed by atoms with Gasteiger partial charge in [0.25, 0.3) is 0 Å². The van der Waals surface area contributed by atoms with Gasteiger partial charge in [0.2, 0.25) is 0 Å². The van der Waals surface area contributed by atoms with Crippen molar-refractivity contribution in [2.24, 2.45) is 5.16 Å². The fraction of sp³-hybridized carbons (Fsp3) is 0.385. The maximum absolute atomic E-state index is 4.92. The van der Waals surface area contributed by atoms with Crippen molar-refractivity contribution in [1.82, 2.24) is 0 Å². The summed E-state index contributed by atoms with van der Waals surface area (Å²) < 4.78 is 0. The average Bonchev–Trinajstić information content (AvgIpc) is 2.30. The number of rotatable bonds is 5. The summed E-state index contributed by atoms with van der Waals surface area (Å²) in [6.45, 7) is 6.16. The molecule has 1 unspecified atom stereocenters. The first kappa shape index (κ1) is 13.6. The number of hydrogen-bond acceptors (Lipinski definition) is 4. The largest absolute Gasteiger partial charge is 0.399 e. The normalized spacial score (nSPS) is 13.1. The van der Waals surface area contributed by atoms with E-state index in [2.05, 4.69) is 36.5 Å². The lowest BCUT2D eigenvalue weighted by molar-refractivity contribution is 0.213. The molecule has 0 aromatic heterocycles. The molecular weight excluding hydrogens is 232 g/mol. The number of benzene rings is 1. The lowest BCUT2D eigenvalue weighted by Crippen LogP contribution is -2.27. The topological polar surface area (TPSA) is 33.6 Å². The quantitative estimate of drug-likeness (QED) is 0.495. The molecule has 1 aromatic rings. The second-order valence-electron chi connectivity index (χ2n) is 3.95. The van der Waals surface area contributed by atoms with Gasteiger partial charge in [-0.05, 0) is 31.9 Å². The Morgan fingerprint density at radius 3 is 2.47 bits per heavy atom. The third-order valence-electron chi connectivity index (χ3n) is 2.60. The second kappa shape index (κ2) is 6.35. The van der Waals surface area contributed by atoms with E-state index in [1.54, 1.807) is 0 Å². The molecule has 92 valence electrons. The fourth-order valence-corrected chi connectivity index (χ4v) is 1.89. The van der Waals surface area contributed by atoms with E-state index >= 15 is 0 Å². The molecule has 0 amide bonds. The lowest BCUT2D eigenvalue weighted by atomic mass is 10.1. The van der Waals surface area contributed by atoms with Crippen LogP contribution in [0.2, 0.25) is 0 Å². The summed E-state index contributed by atoms with van der Waals surface area (Å²) in [6.07, 6.45) is 0. The maximum atomic E-state index is 4.92. The SMILES string of the molecule is CON=C(C=S)C(C)Nc1c(C)cccc1C. The summed E-state index contributed by atoms with van der Waals surface area (Å²) in [5, 5.41) is 8.83. The minimum absolute atomic E-state index is 0.0206. The van der Waals surface area contributed by atoms with Crippen LogP contribution in [0.3, 0.4) is 0 Å². The highest BCUT2D eigenvalue weighted by Gasteiger charge is 2.11. The Kier molecular flexibility index (Phi) is 5.10. The van der Waals surface area contributed by atoms with Crippen LogP contribution in [0.15, 0.2) is 23.4 Å². The molecule has 0 heterocycles. The van der Waals surface area contributed by atoms with E-state index in [-0.39, 0.29) is 6.04 Å². The van der Waals surface area contributed by atoms with E-state index in [4.69, 9.17) is 17.1 Å². The third-order valence-corrected chi connectivity index (χ3v) is 2.84. The van der Waals surface area contributed by atoms with Gasteiger partial charge in [-0.1, -0.05) is 35.6 Å². The van der Waals surface area contributed by atoms with Crippen LogP contribution in [0.1, 0.15) is 18.1 Å². The Morgan fingerprint density at radius 2 is 2.00 bits per heavy atom. The highest BCUT2D eigenvalue weighted by molar-refractivity contribution is 7.80. The van der Waals surface area contributed by atoms with Crippen molar-refractivity contribution in [3.8, 4) is 0 Å². The van der Waals surface area contributed by atoms with E-state index in [1.807, 2.05) is 13.0 Å². The number of nitrogens with zero attached hydrogens (tertiary/aromatic N) is 1. The summed E-state index contributed by atoms with van der Waals surface area (Å²) in [5.41, 5.74) is 4.25. The van der Waals surface area contributed by atoms with Gasteiger partial charge in [-0.3, -0.25) is 0 Å². The number of aryl methyl sites for hydroxylation is 2. The van der Waals surface area contributed by atoms with Gasteiger partial charge in [-0.2, -0.15) is 0 Å². The predicted octanol–water partition coefficient (Wildman–Crippen LogP) is 3.11. The Balaban J connectivity index is 2.91. The first-order valence-corrected chi connectivity index (χ1v) is 5.96. The van der Waals surface area contributed by atoms with Gasteiger partial charge in [-0.15, -0.1) is 0 Å². The zero-order valence-corrected chi connectivity index (χ0v) is 11.5. The second-order valence-corrected chi connectivity index (χ2v) is 4.19. The number of anilines is 1. The van der Waals surface area contributed by atoms with Gasteiger partial charge < -0.3 is 10.2 Å². The Labute approximate surface area is 108 Å². The molecule has 0 bridgehead atoms. The number of para-hydroxylation sites is 1. The standard InChI is InChI=1S/C13H18N2OS/c1-9-6-5-7-10(2)13(9)14-11(3)12(8-17)15-16-4/h5-8,11,14H,1-4H3. The highest BCUT2D eigenvalue weighted by atomic mass is 32.1. The van der Waals surface area contributed by atoms with Crippen molar-refractivity contribution in [3.63, 3.8) is 0 Å². The molecule has 1 N–H and O–H groups in total. The van der Waals surface area contributed by atoms with Crippen LogP contribution in [-0.4, -0.2) is 24.2 Å². The molecule has 1 aromatic carbocycles. The summed E-state index contributed by atoms with van der Waals surface area (Å²) in [7, 11) is 1.52. The van der Waals surface area contributed by atoms with Gasteiger partial charge in [0.1, 0.15) is 12.8 Å². The van der Waals surface area contributed by atoms with E-state index in [9.17, 15) is 0 Å². The Morgan fingerprint density at radius 1 is 1.41 bits per heavy atom. The molecule has 17 heavy (non-hydrogen) atoms. The molecule has 0 radical (unpaired) electrons.